The summed E-state index contributed by atoms with van der Waals surface area (Å²) in [6, 6.07) is 0. The molecule has 0 radical (unpaired) electrons. The minimum atomic E-state index is -4.42. The third kappa shape index (κ3) is 43.2. The summed E-state index contributed by atoms with van der Waals surface area (Å²) in [7, 11) is -4.42. The van der Waals surface area contributed by atoms with E-state index < -0.39 is 26.5 Å². The van der Waals surface area contributed by atoms with Crippen molar-refractivity contribution < 1.29 is 37.9 Å². The van der Waals surface area contributed by atoms with Crippen molar-refractivity contribution in [3.05, 3.63) is 36.5 Å². The molecule has 0 aliphatic rings. The number of amides is 1. The summed E-state index contributed by atoms with van der Waals surface area (Å²) in [5.74, 6) is -0.521. The number of esters is 1. The quantitative estimate of drug-likeness (QED) is 0.0241. The average Bonchev–Trinajstić information content (AvgIpc) is 3.17. The number of unbranched alkanes of at least 4 members (excludes halogenated alkanes) is 23. The first kappa shape index (κ1) is 53.2. The van der Waals surface area contributed by atoms with Crippen LogP contribution >= 0.6 is 7.82 Å². The fourth-order valence-corrected chi connectivity index (χ4v) is 6.98. The third-order valence-electron chi connectivity index (χ3n) is 9.58. The molecule has 0 bridgehead atoms. The summed E-state index contributed by atoms with van der Waals surface area (Å²) in [6.07, 6.45) is 46.4. The highest BCUT2D eigenvalue weighted by molar-refractivity contribution is 7.47. The first-order valence-corrected chi connectivity index (χ1v) is 24.0. The van der Waals surface area contributed by atoms with Gasteiger partial charge in [-0.1, -0.05) is 185 Å². The molecule has 0 aliphatic heterocycles. The van der Waals surface area contributed by atoms with Crippen LogP contribution in [0.3, 0.4) is 0 Å². The maximum atomic E-state index is 12.1. The van der Waals surface area contributed by atoms with Crippen LogP contribution in [0.25, 0.3) is 0 Å². The van der Waals surface area contributed by atoms with Crippen LogP contribution < -0.4 is 5.32 Å². The summed E-state index contributed by atoms with van der Waals surface area (Å²) in [5, 5.41) is 12.7. The van der Waals surface area contributed by atoms with Gasteiger partial charge in [0.2, 0.25) is 5.91 Å². The standard InChI is InChI=1S/C45H84NO8P/c1-3-5-7-9-11-13-15-17-19-21-23-25-27-29-31-33-35-37-44(48)46-39-40-53-55(50,51)54-42-43(47)41-52-45(49)38-36-34-32-30-28-26-24-22-20-18-16-14-12-10-8-6-4-2/h5,7,11,13,17,19,43,47H,3-4,6,8-10,12,14-16,18,20-42H2,1-2H3,(H,46,48)(H,50,51)/b7-5-,13-11-,19-17-. The van der Waals surface area contributed by atoms with Gasteiger partial charge < -0.3 is 20.1 Å². The fraction of sp³-hybridized carbons (Fsp3) is 0.822. The van der Waals surface area contributed by atoms with Crippen molar-refractivity contribution >= 4 is 19.7 Å². The van der Waals surface area contributed by atoms with E-state index in [-0.39, 0.29) is 32.1 Å². The highest BCUT2D eigenvalue weighted by atomic mass is 31.2. The molecule has 0 aromatic heterocycles. The van der Waals surface area contributed by atoms with Gasteiger partial charge in [0.1, 0.15) is 12.7 Å². The number of carbonyl (C=O) groups excluding carboxylic acids is 2. The Morgan fingerprint density at radius 2 is 1.04 bits per heavy atom. The Hall–Kier alpha value is -1.77. The summed E-state index contributed by atoms with van der Waals surface area (Å²) >= 11 is 0. The second-order valence-electron chi connectivity index (χ2n) is 15.0. The van der Waals surface area contributed by atoms with Crippen molar-refractivity contribution in [2.45, 2.75) is 213 Å². The Kier molecular flexibility index (Phi) is 40.5. The molecule has 0 aromatic rings. The van der Waals surface area contributed by atoms with Gasteiger partial charge in [0, 0.05) is 19.4 Å². The maximum absolute atomic E-state index is 12.1. The number of carbonyl (C=O) groups is 2. The van der Waals surface area contributed by atoms with Gasteiger partial charge >= 0.3 is 13.8 Å². The predicted octanol–water partition coefficient (Wildman–Crippen LogP) is 12.6. The van der Waals surface area contributed by atoms with E-state index >= 15 is 0 Å². The van der Waals surface area contributed by atoms with Crippen molar-refractivity contribution in [1.29, 1.82) is 0 Å². The second-order valence-corrected chi connectivity index (χ2v) is 16.5. The number of hydrogen-bond acceptors (Lipinski definition) is 7. The van der Waals surface area contributed by atoms with Crippen LogP contribution in [0.2, 0.25) is 0 Å². The summed E-state index contributed by atoms with van der Waals surface area (Å²) in [4.78, 5) is 33.9. The molecule has 0 spiro atoms. The highest BCUT2D eigenvalue weighted by Crippen LogP contribution is 2.42. The maximum Gasteiger partial charge on any atom is 0.472 e. The molecule has 3 N–H and O–H groups in total. The first-order valence-electron chi connectivity index (χ1n) is 22.5. The number of rotatable bonds is 42. The van der Waals surface area contributed by atoms with Crippen LogP contribution in [-0.4, -0.2) is 54.3 Å². The molecule has 9 nitrogen and oxygen atoms in total. The zero-order valence-electron chi connectivity index (χ0n) is 35.4. The van der Waals surface area contributed by atoms with E-state index in [1.165, 1.54) is 116 Å². The molecule has 0 rings (SSSR count). The lowest BCUT2D eigenvalue weighted by Crippen LogP contribution is -2.27. The molecule has 322 valence electrons. The number of nitrogens with one attached hydrogen (secondary N) is 1. The normalized spacial score (nSPS) is 13.6. The SMILES string of the molecule is CC/C=C\C/C=C\C/C=C\CCCCCCCCCC(=O)NCCOP(=O)(O)OCC(O)COC(=O)CCCCCCCCCCCCCCCCCCC. The van der Waals surface area contributed by atoms with Crippen molar-refractivity contribution in [2.75, 3.05) is 26.4 Å². The lowest BCUT2D eigenvalue weighted by Gasteiger charge is -2.15. The lowest BCUT2D eigenvalue weighted by molar-refractivity contribution is -0.147. The smallest absolute Gasteiger partial charge is 0.463 e. The van der Waals surface area contributed by atoms with Gasteiger partial charge in [-0.2, -0.15) is 0 Å². The summed E-state index contributed by atoms with van der Waals surface area (Å²) in [5.41, 5.74) is 0. The third-order valence-corrected chi connectivity index (χ3v) is 10.6. The zero-order valence-corrected chi connectivity index (χ0v) is 36.3. The minimum absolute atomic E-state index is 0.0767. The molecule has 0 heterocycles. The number of aliphatic hydroxyl groups excluding tert-OH is 1. The topological polar surface area (TPSA) is 131 Å². The van der Waals surface area contributed by atoms with E-state index in [9.17, 15) is 24.2 Å². The van der Waals surface area contributed by atoms with E-state index in [1.807, 2.05) is 0 Å². The molecular weight excluding hydrogens is 713 g/mol. The fourth-order valence-electron chi connectivity index (χ4n) is 6.22. The van der Waals surface area contributed by atoms with Gasteiger partial charge in [-0.25, -0.2) is 4.57 Å². The van der Waals surface area contributed by atoms with Crippen molar-refractivity contribution in [1.82, 2.24) is 5.32 Å². The molecule has 55 heavy (non-hydrogen) atoms. The molecule has 2 unspecified atom stereocenters. The molecular formula is C45H84NO8P. The van der Waals surface area contributed by atoms with E-state index in [0.717, 1.165) is 64.2 Å². The molecule has 0 fully saturated rings. The first-order chi connectivity index (χ1) is 26.8. The molecule has 1 amide bonds. The molecule has 10 heteroatoms. The van der Waals surface area contributed by atoms with E-state index in [4.69, 9.17) is 13.8 Å². The summed E-state index contributed by atoms with van der Waals surface area (Å²) < 4.78 is 26.9. The Labute approximate surface area is 337 Å². The lowest BCUT2D eigenvalue weighted by atomic mass is 10.0. The Balaban J connectivity index is 3.58. The van der Waals surface area contributed by atoms with Gasteiger partial charge in [-0.05, 0) is 44.9 Å². The molecule has 0 saturated heterocycles. The van der Waals surface area contributed by atoms with Crippen LogP contribution in [0.1, 0.15) is 206 Å². The number of phosphoric acid groups is 1. The Morgan fingerprint density at radius 3 is 1.56 bits per heavy atom. The van der Waals surface area contributed by atoms with E-state index in [2.05, 4.69) is 55.6 Å². The van der Waals surface area contributed by atoms with Crippen molar-refractivity contribution in [3.8, 4) is 0 Å². The van der Waals surface area contributed by atoms with E-state index in [1.54, 1.807) is 0 Å². The monoisotopic (exact) mass is 798 g/mol. The van der Waals surface area contributed by atoms with Gasteiger partial charge in [0.15, 0.2) is 0 Å². The van der Waals surface area contributed by atoms with E-state index in [0.29, 0.717) is 6.42 Å². The van der Waals surface area contributed by atoms with Crippen LogP contribution in [0, 0.1) is 0 Å². The largest absolute Gasteiger partial charge is 0.472 e. The predicted molar refractivity (Wildman–Crippen MR) is 229 cm³/mol. The van der Waals surface area contributed by atoms with Crippen LogP contribution in [-0.2, 0) is 27.9 Å². The zero-order chi connectivity index (χ0) is 40.3. The number of aliphatic hydroxyl groups is 1. The molecule has 0 saturated carbocycles. The van der Waals surface area contributed by atoms with Gasteiger partial charge in [-0.3, -0.25) is 18.6 Å². The minimum Gasteiger partial charge on any atom is -0.463 e. The number of ether oxygens (including phenoxy) is 1. The van der Waals surface area contributed by atoms with Crippen molar-refractivity contribution in [3.63, 3.8) is 0 Å². The van der Waals surface area contributed by atoms with Gasteiger partial charge in [0.25, 0.3) is 0 Å². The number of allylic oxidation sites excluding steroid dienone is 6. The molecule has 2 atom stereocenters. The Morgan fingerprint density at radius 1 is 0.582 bits per heavy atom. The number of hydrogen-bond donors (Lipinski definition) is 3. The second kappa shape index (κ2) is 41.9. The Bertz CT molecular complexity index is 1000. The van der Waals surface area contributed by atoms with Crippen molar-refractivity contribution in [2.24, 2.45) is 0 Å². The van der Waals surface area contributed by atoms with Gasteiger partial charge in [-0.15, -0.1) is 0 Å². The summed E-state index contributed by atoms with van der Waals surface area (Å²) in [6.45, 7) is 3.45. The molecule has 0 aromatic carbocycles. The highest BCUT2D eigenvalue weighted by Gasteiger charge is 2.23. The number of phosphoric ester groups is 1. The van der Waals surface area contributed by atoms with Crippen LogP contribution in [0.5, 0.6) is 0 Å². The van der Waals surface area contributed by atoms with Gasteiger partial charge in [0.05, 0.1) is 13.2 Å². The average molecular weight is 798 g/mol. The molecule has 0 aliphatic carbocycles. The van der Waals surface area contributed by atoms with Crippen LogP contribution in [0.4, 0.5) is 0 Å². The van der Waals surface area contributed by atoms with Crippen LogP contribution in [0.15, 0.2) is 36.5 Å².